The van der Waals surface area contributed by atoms with E-state index in [-0.39, 0.29) is 11.6 Å². The molecular formula is C12H26O2Si. The summed E-state index contributed by atoms with van der Waals surface area (Å²) in [6, 6.07) is 0. The minimum Gasteiger partial charge on any atom is -0.413 e. The Labute approximate surface area is 95.5 Å². The lowest BCUT2D eigenvalue weighted by atomic mass is 10.2. The van der Waals surface area contributed by atoms with Crippen molar-refractivity contribution >= 4 is 8.32 Å². The Balaban J connectivity index is 4.15. The maximum atomic E-state index is 8.70. The zero-order chi connectivity index (χ0) is 12.1. The summed E-state index contributed by atoms with van der Waals surface area (Å²) in [5, 5.41) is 8.96. The van der Waals surface area contributed by atoms with Crippen molar-refractivity contribution in [3.05, 3.63) is 11.6 Å². The van der Waals surface area contributed by atoms with Crippen molar-refractivity contribution in [1.29, 1.82) is 0 Å². The largest absolute Gasteiger partial charge is 0.413 e. The van der Waals surface area contributed by atoms with Gasteiger partial charge in [0.15, 0.2) is 8.32 Å². The van der Waals surface area contributed by atoms with Crippen LogP contribution in [0.25, 0.3) is 0 Å². The van der Waals surface area contributed by atoms with Crippen LogP contribution < -0.4 is 0 Å². The van der Waals surface area contributed by atoms with Gasteiger partial charge in [0.1, 0.15) is 0 Å². The standard InChI is InChI=1S/C12H26O2Si/c1-11(8-7-9-13)10-14-15(5,6)12(2,3)4/h8,13H,7,9-10H2,1-6H3/b11-8-. The molecule has 0 aliphatic rings. The Morgan fingerprint density at radius 2 is 1.87 bits per heavy atom. The molecule has 0 unspecified atom stereocenters. The Morgan fingerprint density at radius 1 is 1.33 bits per heavy atom. The molecule has 0 aromatic rings. The molecular weight excluding hydrogens is 204 g/mol. The van der Waals surface area contributed by atoms with Gasteiger partial charge in [-0.25, -0.2) is 0 Å². The zero-order valence-electron chi connectivity index (χ0n) is 11.1. The van der Waals surface area contributed by atoms with E-state index in [1.165, 1.54) is 5.57 Å². The van der Waals surface area contributed by atoms with Crippen LogP contribution in [-0.4, -0.2) is 26.6 Å². The first-order valence-corrected chi connectivity index (χ1v) is 8.52. The summed E-state index contributed by atoms with van der Waals surface area (Å²) in [5.74, 6) is 0. The summed E-state index contributed by atoms with van der Waals surface area (Å²) in [6.07, 6.45) is 2.78. The zero-order valence-corrected chi connectivity index (χ0v) is 12.1. The van der Waals surface area contributed by atoms with Crippen molar-refractivity contribution in [3.63, 3.8) is 0 Å². The molecule has 0 aromatic carbocycles. The fraction of sp³-hybridized carbons (Fsp3) is 0.833. The number of hydrogen-bond donors (Lipinski definition) is 1. The van der Waals surface area contributed by atoms with Crippen molar-refractivity contribution in [1.82, 2.24) is 0 Å². The smallest absolute Gasteiger partial charge is 0.192 e. The van der Waals surface area contributed by atoms with E-state index >= 15 is 0 Å². The Hall–Kier alpha value is -0.123. The van der Waals surface area contributed by atoms with E-state index in [4.69, 9.17) is 9.53 Å². The van der Waals surface area contributed by atoms with Gasteiger partial charge in [-0.05, 0) is 31.5 Å². The van der Waals surface area contributed by atoms with Crippen LogP contribution >= 0.6 is 0 Å². The third kappa shape index (κ3) is 5.49. The van der Waals surface area contributed by atoms with Crippen LogP contribution in [-0.2, 0) is 4.43 Å². The van der Waals surface area contributed by atoms with E-state index in [1.54, 1.807) is 0 Å². The lowest BCUT2D eigenvalue weighted by Crippen LogP contribution is -2.41. The van der Waals surface area contributed by atoms with E-state index in [9.17, 15) is 0 Å². The first-order valence-electron chi connectivity index (χ1n) is 5.61. The van der Waals surface area contributed by atoms with Gasteiger partial charge in [-0.1, -0.05) is 32.4 Å². The second-order valence-electron chi connectivity index (χ2n) is 5.61. The second kappa shape index (κ2) is 5.82. The molecule has 0 aromatic heterocycles. The number of aliphatic hydroxyl groups is 1. The van der Waals surface area contributed by atoms with Crippen molar-refractivity contribution < 1.29 is 9.53 Å². The van der Waals surface area contributed by atoms with E-state index in [1.807, 2.05) is 6.08 Å². The SMILES string of the molecule is C/C(=C/CCO)CO[Si](C)(C)C(C)(C)C. The number of aliphatic hydroxyl groups excluding tert-OH is 1. The highest BCUT2D eigenvalue weighted by Gasteiger charge is 2.36. The van der Waals surface area contributed by atoms with Crippen LogP contribution in [0.15, 0.2) is 11.6 Å². The second-order valence-corrected chi connectivity index (χ2v) is 10.4. The molecule has 3 heteroatoms. The van der Waals surface area contributed by atoms with Gasteiger partial charge in [-0.3, -0.25) is 0 Å². The maximum Gasteiger partial charge on any atom is 0.192 e. The lowest BCUT2D eigenvalue weighted by Gasteiger charge is -2.36. The number of hydrogen-bond acceptors (Lipinski definition) is 2. The average molecular weight is 230 g/mol. The fourth-order valence-electron chi connectivity index (χ4n) is 0.881. The van der Waals surface area contributed by atoms with Gasteiger partial charge in [0, 0.05) is 6.61 Å². The highest BCUT2D eigenvalue weighted by Crippen LogP contribution is 2.36. The molecule has 90 valence electrons. The molecule has 0 radical (unpaired) electrons. The predicted molar refractivity (Wildman–Crippen MR) is 68.6 cm³/mol. The summed E-state index contributed by atoms with van der Waals surface area (Å²) in [6.45, 7) is 14.2. The molecule has 2 nitrogen and oxygen atoms in total. The van der Waals surface area contributed by atoms with Crippen LogP contribution in [0.3, 0.4) is 0 Å². The Kier molecular flexibility index (Phi) is 5.78. The van der Waals surface area contributed by atoms with Gasteiger partial charge in [-0.2, -0.15) is 0 Å². The maximum absolute atomic E-state index is 8.70. The normalized spacial score (nSPS) is 14.5. The van der Waals surface area contributed by atoms with Crippen LogP contribution in [0.4, 0.5) is 0 Å². The van der Waals surface area contributed by atoms with E-state index in [0.29, 0.717) is 6.61 Å². The molecule has 0 aliphatic heterocycles. The topological polar surface area (TPSA) is 29.5 Å². The van der Waals surface area contributed by atoms with Crippen LogP contribution in [0.2, 0.25) is 18.1 Å². The summed E-state index contributed by atoms with van der Waals surface area (Å²) in [7, 11) is -1.61. The first kappa shape index (κ1) is 14.9. The van der Waals surface area contributed by atoms with Gasteiger partial charge in [0.25, 0.3) is 0 Å². The molecule has 0 rings (SSSR count). The Bertz CT molecular complexity index is 214. The summed E-state index contributed by atoms with van der Waals surface area (Å²) >= 11 is 0. The van der Waals surface area contributed by atoms with E-state index in [0.717, 1.165) is 6.42 Å². The van der Waals surface area contributed by atoms with E-state index in [2.05, 4.69) is 40.8 Å². The first-order chi connectivity index (χ1) is 6.70. The molecule has 0 saturated carbocycles. The van der Waals surface area contributed by atoms with Gasteiger partial charge >= 0.3 is 0 Å². The molecule has 0 bridgehead atoms. The molecule has 0 amide bonds. The minimum atomic E-state index is -1.61. The molecule has 0 aliphatic carbocycles. The van der Waals surface area contributed by atoms with Crippen molar-refractivity contribution in [2.75, 3.05) is 13.2 Å². The molecule has 0 spiro atoms. The third-order valence-electron chi connectivity index (χ3n) is 3.09. The molecule has 0 heterocycles. The van der Waals surface area contributed by atoms with Crippen molar-refractivity contribution in [3.8, 4) is 0 Å². The summed E-state index contributed by atoms with van der Waals surface area (Å²) in [5.41, 5.74) is 1.22. The van der Waals surface area contributed by atoms with Crippen molar-refractivity contribution in [2.24, 2.45) is 0 Å². The fourth-order valence-corrected chi connectivity index (χ4v) is 1.90. The van der Waals surface area contributed by atoms with Crippen LogP contribution in [0.5, 0.6) is 0 Å². The van der Waals surface area contributed by atoms with Crippen LogP contribution in [0.1, 0.15) is 34.1 Å². The highest BCUT2D eigenvalue weighted by atomic mass is 28.4. The molecule has 0 fully saturated rings. The monoisotopic (exact) mass is 230 g/mol. The van der Waals surface area contributed by atoms with Gasteiger partial charge in [-0.15, -0.1) is 0 Å². The predicted octanol–water partition coefficient (Wildman–Crippen LogP) is 3.34. The Morgan fingerprint density at radius 3 is 2.27 bits per heavy atom. The van der Waals surface area contributed by atoms with Gasteiger partial charge in [0.05, 0.1) is 6.61 Å². The van der Waals surface area contributed by atoms with Gasteiger partial charge in [0.2, 0.25) is 0 Å². The molecule has 0 saturated heterocycles. The quantitative estimate of drug-likeness (QED) is 0.580. The lowest BCUT2D eigenvalue weighted by molar-refractivity contribution is 0.299. The van der Waals surface area contributed by atoms with Crippen LogP contribution in [0, 0.1) is 0 Å². The summed E-state index contributed by atoms with van der Waals surface area (Å²) in [4.78, 5) is 0. The van der Waals surface area contributed by atoms with Gasteiger partial charge < -0.3 is 9.53 Å². The average Bonchev–Trinajstić information content (AvgIpc) is 2.09. The highest BCUT2D eigenvalue weighted by molar-refractivity contribution is 6.74. The molecule has 0 atom stereocenters. The molecule has 15 heavy (non-hydrogen) atoms. The minimum absolute atomic E-state index is 0.220. The van der Waals surface area contributed by atoms with Crippen molar-refractivity contribution in [2.45, 2.75) is 52.2 Å². The summed E-state index contributed by atoms with van der Waals surface area (Å²) < 4.78 is 6.04. The number of rotatable bonds is 5. The van der Waals surface area contributed by atoms with E-state index < -0.39 is 8.32 Å². The third-order valence-corrected chi connectivity index (χ3v) is 7.57. The molecule has 1 N–H and O–H groups in total.